The molecular formula is C16H23N3. The van der Waals surface area contributed by atoms with Crippen molar-refractivity contribution in [3.05, 3.63) is 46.3 Å². The maximum atomic E-state index is 5.80. The van der Waals surface area contributed by atoms with Gasteiger partial charge in [-0.15, -0.1) is 0 Å². The summed E-state index contributed by atoms with van der Waals surface area (Å²) in [6, 6.07) is 6.52. The van der Waals surface area contributed by atoms with E-state index in [0.29, 0.717) is 12.5 Å². The van der Waals surface area contributed by atoms with Gasteiger partial charge in [0.05, 0.1) is 11.4 Å². The normalized spacial score (nSPS) is 12.7. The van der Waals surface area contributed by atoms with Crippen LogP contribution >= 0.6 is 0 Å². The Labute approximate surface area is 115 Å². The van der Waals surface area contributed by atoms with Gasteiger partial charge in [-0.1, -0.05) is 13.0 Å². The highest BCUT2D eigenvalue weighted by Gasteiger charge is 2.17. The van der Waals surface area contributed by atoms with Crippen LogP contribution < -0.4 is 5.73 Å². The van der Waals surface area contributed by atoms with Gasteiger partial charge in [0.25, 0.3) is 0 Å². The summed E-state index contributed by atoms with van der Waals surface area (Å²) in [7, 11) is 0. The lowest BCUT2D eigenvalue weighted by Gasteiger charge is -2.11. The molecule has 102 valence electrons. The van der Waals surface area contributed by atoms with Crippen LogP contribution in [0.15, 0.2) is 18.2 Å². The molecule has 1 atom stereocenters. The summed E-state index contributed by atoms with van der Waals surface area (Å²) in [5.74, 6) is 0.347. The number of benzene rings is 1. The van der Waals surface area contributed by atoms with Crippen molar-refractivity contribution in [2.75, 3.05) is 6.54 Å². The topological polar surface area (TPSA) is 43.8 Å². The average molecular weight is 257 g/mol. The van der Waals surface area contributed by atoms with Crippen LogP contribution in [0.3, 0.4) is 0 Å². The molecule has 3 heteroatoms. The Morgan fingerprint density at radius 3 is 2.21 bits per heavy atom. The molecule has 2 aromatic rings. The van der Waals surface area contributed by atoms with Gasteiger partial charge in [-0.3, -0.25) is 0 Å². The smallest absolute Gasteiger partial charge is 0.0654 e. The Kier molecular flexibility index (Phi) is 3.76. The number of nitrogens with two attached hydrogens (primary N) is 1. The first-order valence-corrected chi connectivity index (χ1v) is 6.79. The molecule has 0 bridgehead atoms. The fourth-order valence-electron chi connectivity index (χ4n) is 2.81. The highest BCUT2D eigenvalue weighted by atomic mass is 15.3. The van der Waals surface area contributed by atoms with E-state index in [4.69, 9.17) is 10.8 Å². The van der Waals surface area contributed by atoms with Crippen molar-refractivity contribution in [2.24, 2.45) is 5.73 Å². The van der Waals surface area contributed by atoms with Crippen LogP contribution in [-0.4, -0.2) is 16.3 Å². The molecule has 0 amide bonds. The number of aromatic nitrogens is 2. The maximum Gasteiger partial charge on any atom is 0.0654 e. The zero-order valence-electron chi connectivity index (χ0n) is 12.5. The molecule has 0 aliphatic heterocycles. The standard InChI is InChI=1S/C16H23N3/c1-10-6-11(2)8-15(7-10)19-14(5)16(12(3)9-17)13(4)18-19/h6-8,12H,9,17H2,1-5H3. The van der Waals surface area contributed by atoms with Gasteiger partial charge in [-0.2, -0.15) is 5.10 Å². The van der Waals surface area contributed by atoms with Gasteiger partial charge in [0.1, 0.15) is 0 Å². The molecule has 1 unspecified atom stereocenters. The minimum absolute atomic E-state index is 0.347. The Morgan fingerprint density at radius 1 is 1.11 bits per heavy atom. The molecular weight excluding hydrogens is 234 g/mol. The second kappa shape index (κ2) is 5.17. The first-order chi connectivity index (χ1) is 8.93. The highest BCUT2D eigenvalue weighted by Crippen LogP contribution is 2.25. The lowest BCUT2D eigenvalue weighted by molar-refractivity contribution is 0.759. The monoisotopic (exact) mass is 257 g/mol. The van der Waals surface area contributed by atoms with E-state index in [-0.39, 0.29) is 0 Å². The fraction of sp³-hybridized carbons (Fsp3) is 0.438. The summed E-state index contributed by atoms with van der Waals surface area (Å²) in [5, 5.41) is 4.69. The van der Waals surface area contributed by atoms with Gasteiger partial charge in [0.2, 0.25) is 0 Å². The van der Waals surface area contributed by atoms with Gasteiger partial charge in [0, 0.05) is 11.3 Å². The van der Waals surface area contributed by atoms with Crippen molar-refractivity contribution in [1.29, 1.82) is 0 Å². The van der Waals surface area contributed by atoms with Gasteiger partial charge in [-0.25, -0.2) is 4.68 Å². The van der Waals surface area contributed by atoms with E-state index in [2.05, 4.69) is 52.8 Å². The van der Waals surface area contributed by atoms with Crippen LogP contribution in [0.2, 0.25) is 0 Å². The molecule has 1 aromatic carbocycles. The number of rotatable bonds is 3. The first kappa shape index (κ1) is 13.8. The van der Waals surface area contributed by atoms with E-state index in [1.165, 1.54) is 22.4 Å². The molecule has 2 rings (SSSR count). The quantitative estimate of drug-likeness (QED) is 0.918. The minimum Gasteiger partial charge on any atom is -0.330 e. The minimum atomic E-state index is 0.347. The van der Waals surface area contributed by atoms with Gasteiger partial charge < -0.3 is 5.73 Å². The summed E-state index contributed by atoms with van der Waals surface area (Å²) in [6.45, 7) is 11.2. The van der Waals surface area contributed by atoms with Crippen LogP contribution in [0.5, 0.6) is 0 Å². The Morgan fingerprint density at radius 2 is 1.68 bits per heavy atom. The largest absolute Gasteiger partial charge is 0.330 e. The Bertz CT molecular complexity index is 576. The Hall–Kier alpha value is -1.61. The average Bonchev–Trinajstić information content (AvgIpc) is 2.63. The predicted molar refractivity (Wildman–Crippen MR) is 80.0 cm³/mol. The molecule has 0 radical (unpaired) electrons. The molecule has 19 heavy (non-hydrogen) atoms. The Balaban J connectivity index is 2.57. The molecule has 0 spiro atoms. The van der Waals surface area contributed by atoms with Crippen LogP contribution in [-0.2, 0) is 0 Å². The van der Waals surface area contributed by atoms with Crippen LogP contribution in [0, 0.1) is 27.7 Å². The van der Waals surface area contributed by atoms with E-state index in [1.807, 2.05) is 4.68 Å². The second-order valence-corrected chi connectivity index (χ2v) is 5.48. The molecule has 0 saturated carbocycles. The van der Waals surface area contributed by atoms with Gasteiger partial charge >= 0.3 is 0 Å². The van der Waals surface area contributed by atoms with Gasteiger partial charge in [-0.05, 0) is 63.4 Å². The molecule has 0 saturated heterocycles. The molecule has 1 heterocycles. The van der Waals surface area contributed by atoms with E-state index < -0.39 is 0 Å². The number of nitrogens with zero attached hydrogens (tertiary/aromatic N) is 2. The van der Waals surface area contributed by atoms with E-state index in [1.54, 1.807) is 0 Å². The highest BCUT2D eigenvalue weighted by molar-refractivity contribution is 5.42. The van der Waals surface area contributed by atoms with Crippen molar-refractivity contribution < 1.29 is 0 Å². The lowest BCUT2D eigenvalue weighted by Crippen LogP contribution is -2.10. The summed E-state index contributed by atoms with van der Waals surface area (Å²) in [5.41, 5.74) is 13.0. The van der Waals surface area contributed by atoms with Crippen molar-refractivity contribution >= 4 is 0 Å². The van der Waals surface area contributed by atoms with Crippen molar-refractivity contribution in [3.63, 3.8) is 0 Å². The molecule has 0 aliphatic rings. The third-order valence-corrected chi connectivity index (χ3v) is 3.64. The second-order valence-electron chi connectivity index (χ2n) is 5.48. The third kappa shape index (κ3) is 2.56. The van der Waals surface area contributed by atoms with E-state index in [9.17, 15) is 0 Å². The van der Waals surface area contributed by atoms with E-state index in [0.717, 1.165) is 11.4 Å². The molecule has 2 N–H and O–H groups in total. The maximum absolute atomic E-state index is 5.80. The number of hydrogen-bond donors (Lipinski definition) is 1. The van der Waals surface area contributed by atoms with Crippen molar-refractivity contribution in [2.45, 2.75) is 40.5 Å². The van der Waals surface area contributed by atoms with Crippen molar-refractivity contribution in [3.8, 4) is 5.69 Å². The van der Waals surface area contributed by atoms with Crippen molar-refractivity contribution in [1.82, 2.24) is 9.78 Å². The summed E-state index contributed by atoms with van der Waals surface area (Å²) < 4.78 is 2.04. The molecule has 0 fully saturated rings. The number of aryl methyl sites for hydroxylation is 3. The van der Waals surface area contributed by atoms with E-state index >= 15 is 0 Å². The zero-order chi connectivity index (χ0) is 14.2. The summed E-state index contributed by atoms with van der Waals surface area (Å²) in [4.78, 5) is 0. The summed E-state index contributed by atoms with van der Waals surface area (Å²) >= 11 is 0. The van der Waals surface area contributed by atoms with Gasteiger partial charge in [0.15, 0.2) is 0 Å². The predicted octanol–water partition coefficient (Wildman–Crippen LogP) is 3.17. The molecule has 0 aliphatic carbocycles. The third-order valence-electron chi connectivity index (χ3n) is 3.64. The fourth-order valence-corrected chi connectivity index (χ4v) is 2.81. The first-order valence-electron chi connectivity index (χ1n) is 6.79. The van der Waals surface area contributed by atoms with Crippen LogP contribution in [0.1, 0.15) is 40.9 Å². The molecule has 1 aromatic heterocycles. The van der Waals surface area contributed by atoms with Crippen LogP contribution in [0.4, 0.5) is 0 Å². The zero-order valence-corrected chi connectivity index (χ0v) is 12.5. The summed E-state index contributed by atoms with van der Waals surface area (Å²) in [6.07, 6.45) is 0. The lowest BCUT2D eigenvalue weighted by atomic mass is 9.99. The SMILES string of the molecule is Cc1cc(C)cc(-n2nc(C)c(C(C)CN)c2C)c1. The van der Waals surface area contributed by atoms with Crippen LogP contribution in [0.25, 0.3) is 5.69 Å². The number of hydrogen-bond acceptors (Lipinski definition) is 2. The molecule has 3 nitrogen and oxygen atoms in total.